The predicted octanol–water partition coefficient (Wildman–Crippen LogP) is 4.20. The van der Waals surface area contributed by atoms with Crippen molar-refractivity contribution in [3.8, 4) is 0 Å². The van der Waals surface area contributed by atoms with Crippen LogP contribution < -0.4 is 5.32 Å². The van der Waals surface area contributed by atoms with Crippen LogP contribution in [0.5, 0.6) is 0 Å². The van der Waals surface area contributed by atoms with Gasteiger partial charge in [0.05, 0.1) is 12.6 Å². The molecule has 0 bridgehead atoms. The van der Waals surface area contributed by atoms with Crippen LogP contribution in [0.25, 0.3) is 0 Å². The van der Waals surface area contributed by atoms with E-state index in [1.54, 1.807) is 11.0 Å². The third-order valence-electron chi connectivity index (χ3n) is 6.96. The molecule has 3 heterocycles. The van der Waals surface area contributed by atoms with Crippen LogP contribution in [0.3, 0.4) is 0 Å². The van der Waals surface area contributed by atoms with Crippen molar-refractivity contribution in [3.05, 3.63) is 95.7 Å². The highest BCUT2D eigenvalue weighted by Crippen LogP contribution is 2.33. The fourth-order valence-corrected chi connectivity index (χ4v) is 5.11. The quantitative estimate of drug-likeness (QED) is 0.495. The van der Waals surface area contributed by atoms with Gasteiger partial charge in [0.2, 0.25) is 5.91 Å². The normalized spacial score (nSPS) is 20.4. The summed E-state index contributed by atoms with van der Waals surface area (Å²) in [5.74, 6) is -0.0269. The molecule has 2 aromatic carbocycles. The molecule has 0 aliphatic carbocycles. The monoisotopic (exact) mass is 497 g/mol. The first kappa shape index (κ1) is 24.6. The van der Waals surface area contributed by atoms with Crippen LogP contribution in [-0.2, 0) is 16.1 Å². The summed E-state index contributed by atoms with van der Waals surface area (Å²) in [6.45, 7) is 3.59. The zero-order chi connectivity index (χ0) is 25.8. The van der Waals surface area contributed by atoms with E-state index in [0.717, 1.165) is 36.2 Å². The second-order valence-electron chi connectivity index (χ2n) is 9.69. The Kier molecular flexibility index (Phi) is 7.28. The van der Waals surface area contributed by atoms with E-state index in [2.05, 4.69) is 10.3 Å². The van der Waals surface area contributed by atoms with Crippen LogP contribution in [0.15, 0.2) is 78.9 Å². The summed E-state index contributed by atoms with van der Waals surface area (Å²) >= 11 is 0. The van der Waals surface area contributed by atoms with Crippen molar-refractivity contribution in [2.24, 2.45) is 5.92 Å². The number of likely N-dealkylation sites (tertiary alicyclic amines) is 1. The molecule has 2 fully saturated rings. The first-order chi connectivity index (χ1) is 18.0. The molecule has 0 spiro atoms. The van der Waals surface area contributed by atoms with Gasteiger partial charge in [0, 0.05) is 18.8 Å². The van der Waals surface area contributed by atoms with Crippen LogP contribution >= 0.6 is 0 Å². The molecule has 1 aromatic heterocycles. The van der Waals surface area contributed by atoms with Gasteiger partial charge in [0.1, 0.15) is 11.9 Å². The summed E-state index contributed by atoms with van der Waals surface area (Å²) < 4.78 is 0. The van der Waals surface area contributed by atoms with Gasteiger partial charge >= 0.3 is 6.03 Å². The minimum absolute atomic E-state index is 0.0882. The number of pyridine rings is 1. The first-order valence-corrected chi connectivity index (χ1v) is 12.7. The Bertz CT molecular complexity index is 1270. The van der Waals surface area contributed by atoms with Gasteiger partial charge < -0.3 is 10.2 Å². The second-order valence-corrected chi connectivity index (χ2v) is 9.69. The molecule has 2 aliphatic rings. The first-order valence-electron chi connectivity index (χ1n) is 12.7. The number of anilines is 1. The van der Waals surface area contributed by atoms with Gasteiger partial charge in [-0.3, -0.25) is 14.5 Å². The Morgan fingerprint density at radius 2 is 1.70 bits per heavy atom. The van der Waals surface area contributed by atoms with Gasteiger partial charge in [-0.15, -0.1) is 0 Å². The minimum Gasteiger partial charge on any atom is -0.310 e. The minimum atomic E-state index is -0.676. The number of carbonyl (C=O) groups is 3. The van der Waals surface area contributed by atoms with Crippen molar-refractivity contribution in [2.45, 2.75) is 32.4 Å². The number of hydrogen-bond donors (Lipinski definition) is 1. The van der Waals surface area contributed by atoms with E-state index in [1.807, 2.05) is 84.6 Å². The van der Waals surface area contributed by atoms with Crippen LogP contribution in [0.2, 0.25) is 0 Å². The average Bonchev–Trinajstić information content (AvgIpc) is 3.14. The van der Waals surface area contributed by atoms with Gasteiger partial charge in [-0.2, -0.15) is 0 Å². The molecule has 3 aromatic rings. The number of amides is 4. The van der Waals surface area contributed by atoms with Gasteiger partial charge in [0.15, 0.2) is 0 Å². The maximum absolute atomic E-state index is 13.6. The summed E-state index contributed by atoms with van der Waals surface area (Å²) in [5, 5.41) is 2.91. The van der Waals surface area contributed by atoms with E-state index in [9.17, 15) is 14.4 Å². The molecule has 0 radical (unpaired) electrons. The average molecular weight is 498 g/mol. The van der Waals surface area contributed by atoms with E-state index in [-0.39, 0.29) is 30.4 Å². The highest BCUT2D eigenvalue weighted by molar-refractivity contribution is 6.04. The fourth-order valence-electron chi connectivity index (χ4n) is 5.11. The van der Waals surface area contributed by atoms with Crippen molar-refractivity contribution < 1.29 is 14.4 Å². The number of carbonyl (C=O) groups excluding carboxylic acids is 3. The van der Waals surface area contributed by atoms with Crippen LogP contribution in [0, 0.1) is 12.8 Å². The Hall–Kier alpha value is -4.04. The van der Waals surface area contributed by atoms with E-state index in [0.29, 0.717) is 18.9 Å². The number of piperidine rings is 1. The topological polar surface area (TPSA) is 85.9 Å². The number of aromatic nitrogens is 1. The molecule has 2 unspecified atom stereocenters. The lowest BCUT2D eigenvalue weighted by Crippen LogP contribution is -2.48. The fraction of sp³-hybridized carbons (Fsp3) is 0.310. The summed E-state index contributed by atoms with van der Waals surface area (Å²) in [6.07, 6.45) is 1.56. The van der Waals surface area contributed by atoms with Crippen molar-refractivity contribution in [3.63, 3.8) is 0 Å². The highest BCUT2D eigenvalue weighted by atomic mass is 16.2. The standard InChI is InChI=1S/C29H31N5O3/c1-21-10-8-16-25(30-21)31-27(35)24-15-9-17-32(19-24)20-34-28(36)26(23-13-6-3-7-14-23)33(29(34)37)18-22-11-4-2-5-12-22/h2-8,10-14,16,24,26H,9,15,17-20H2,1H3,(H,30,31,35). The maximum atomic E-state index is 13.6. The van der Waals surface area contributed by atoms with Gasteiger partial charge in [-0.05, 0) is 49.6 Å². The molecule has 190 valence electrons. The Balaban J connectivity index is 1.30. The van der Waals surface area contributed by atoms with Gasteiger partial charge in [0.25, 0.3) is 5.91 Å². The molecule has 8 heteroatoms. The molecular weight excluding hydrogens is 466 g/mol. The molecule has 5 rings (SSSR count). The third kappa shape index (κ3) is 5.54. The summed E-state index contributed by atoms with van der Waals surface area (Å²) in [7, 11) is 0. The van der Waals surface area contributed by atoms with Crippen molar-refractivity contribution >= 4 is 23.7 Å². The van der Waals surface area contributed by atoms with E-state index >= 15 is 0 Å². The van der Waals surface area contributed by atoms with Crippen LogP contribution in [0.4, 0.5) is 10.6 Å². The zero-order valence-corrected chi connectivity index (χ0v) is 20.9. The Labute approximate surface area is 216 Å². The summed E-state index contributed by atoms with van der Waals surface area (Å²) in [4.78, 5) is 49.5. The molecule has 2 aliphatic heterocycles. The number of rotatable bonds is 7. The predicted molar refractivity (Wildman–Crippen MR) is 140 cm³/mol. The summed E-state index contributed by atoms with van der Waals surface area (Å²) in [5.41, 5.74) is 2.59. The number of nitrogens with one attached hydrogen (secondary N) is 1. The Morgan fingerprint density at radius 1 is 0.973 bits per heavy atom. The van der Waals surface area contributed by atoms with Crippen molar-refractivity contribution in [1.29, 1.82) is 0 Å². The van der Waals surface area contributed by atoms with E-state index in [4.69, 9.17) is 0 Å². The summed E-state index contributed by atoms with van der Waals surface area (Å²) in [6, 6.07) is 23.7. The molecular formula is C29H31N5O3. The third-order valence-corrected chi connectivity index (χ3v) is 6.96. The number of imide groups is 1. The zero-order valence-electron chi connectivity index (χ0n) is 20.9. The molecule has 37 heavy (non-hydrogen) atoms. The lowest BCUT2D eigenvalue weighted by molar-refractivity contribution is -0.130. The number of hydrogen-bond acceptors (Lipinski definition) is 5. The number of aryl methyl sites for hydroxylation is 1. The molecule has 4 amide bonds. The molecule has 8 nitrogen and oxygen atoms in total. The Morgan fingerprint density at radius 3 is 2.43 bits per heavy atom. The maximum Gasteiger partial charge on any atom is 0.329 e. The smallest absolute Gasteiger partial charge is 0.310 e. The highest BCUT2D eigenvalue weighted by Gasteiger charge is 2.46. The van der Waals surface area contributed by atoms with Gasteiger partial charge in [-0.25, -0.2) is 14.7 Å². The molecule has 0 saturated carbocycles. The largest absolute Gasteiger partial charge is 0.329 e. The van der Waals surface area contributed by atoms with Crippen molar-refractivity contribution in [2.75, 3.05) is 25.1 Å². The molecule has 2 saturated heterocycles. The van der Waals surface area contributed by atoms with E-state index in [1.165, 1.54) is 4.90 Å². The number of nitrogens with zero attached hydrogens (tertiary/aromatic N) is 4. The number of benzene rings is 2. The number of urea groups is 1. The van der Waals surface area contributed by atoms with Crippen molar-refractivity contribution in [1.82, 2.24) is 19.7 Å². The SMILES string of the molecule is Cc1cccc(NC(=O)C2CCCN(CN3C(=O)C(c4ccccc4)N(Cc4ccccc4)C3=O)C2)n1. The van der Waals surface area contributed by atoms with Crippen LogP contribution in [0.1, 0.15) is 35.7 Å². The lowest BCUT2D eigenvalue weighted by atomic mass is 9.97. The lowest BCUT2D eigenvalue weighted by Gasteiger charge is -2.33. The molecule has 1 N–H and O–H groups in total. The van der Waals surface area contributed by atoms with Crippen LogP contribution in [-0.4, -0.2) is 57.3 Å². The van der Waals surface area contributed by atoms with E-state index < -0.39 is 6.04 Å². The second kappa shape index (κ2) is 10.9. The van der Waals surface area contributed by atoms with Gasteiger partial charge in [-0.1, -0.05) is 66.7 Å². The molecule has 2 atom stereocenters.